The van der Waals surface area contributed by atoms with Gasteiger partial charge in [-0.2, -0.15) is 9.58 Å². The van der Waals surface area contributed by atoms with Crippen LogP contribution in [0.25, 0.3) is 17.1 Å². The van der Waals surface area contributed by atoms with Crippen LogP contribution in [0.15, 0.2) is 30.5 Å². The average molecular weight is 498 g/mol. The van der Waals surface area contributed by atoms with E-state index in [1.54, 1.807) is 41.5 Å². The number of anilines is 1. The molecule has 0 aliphatic rings. The van der Waals surface area contributed by atoms with E-state index in [0.717, 1.165) is 10.7 Å². The van der Waals surface area contributed by atoms with Gasteiger partial charge < -0.3 is 9.47 Å². The van der Waals surface area contributed by atoms with Crippen LogP contribution in [0.1, 0.15) is 47.1 Å². The van der Waals surface area contributed by atoms with Crippen molar-refractivity contribution in [3.63, 3.8) is 0 Å². The molecule has 10 nitrogen and oxygen atoms in total. The molecule has 2 aromatic heterocycles. The summed E-state index contributed by atoms with van der Waals surface area (Å²) >= 11 is 0. The standard InChI is InChI=1S/C24H24F2N6O4/c1-8-14-12-15(20-28-29-30-32(20)17-11-9-10-16(25)18(17)26)19(27-13-14)31(21(33)35-23(2,3)4)22(34)36-24(5,6)7/h1,9-13H,2-7H3. The third kappa shape index (κ3) is 5.80. The fourth-order valence-electron chi connectivity index (χ4n) is 2.92. The Labute approximate surface area is 206 Å². The molecule has 1 aromatic carbocycles. The van der Waals surface area contributed by atoms with E-state index in [1.165, 1.54) is 24.4 Å². The first-order valence-corrected chi connectivity index (χ1v) is 10.7. The first kappa shape index (κ1) is 26.2. The molecule has 0 saturated heterocycles. The van der Waals surface area contributed by atoms with Crippen molar-refractivity contribution in [2.75, 3.05) is 4.90 Å². The predicted octanol–water partition coefficient (Wildman–Crippen LogP) is 4.66. The summed E-state index contributed by atoms with van der Waals surface area (Å²) in [6, 6.07) is 4.81. The third-order valence-corrected chi connectivity index (χ3v) is 4.27. The Bertz CT molecular complexity index is 1320. The highest BCUT2D eigenvalue weighted by molar-refractivity contribution is 6.11. The average Bonchev–Trinajstić information content (AvgIpc) is 3.23. The minimum atomic E-state index is -1.22. The topological polar surface area (TPSA) is 112 Å². The molecule has 0 aliphatic heterocycles. The zero-order valence-electron chi connectivity index (χ0n) is 20.5. The van der Waals surface area contributed by atoms with Crippen molar-refractivity contribution >= 4 is 18.0 Å². The highest BCUT2D eigenvalue weighted by atomic mass is 19.2. The lowest BCUT2D eigenvalue weighted by atomic mass is 10.1. The van der Waals surface area contributed by atoms with Crippen LogP contribution in [-0.2, 0) is 9.47 Å². The minimum absolute atomic E-state index is 0.0455. The van der Waals surface area contributed by atoms with Crippen LogP contribution >= 0.6 is 0 Å². The number of amides is 2. The summed E-state index contributed by atoms with van der Waals surface area (Å²) in [4.78, 5) is 31.1. The first-order chi connectivity index (χ1) is 16.7. The molecule has 0 atom stereocenters. The number of hydrogen-bond donors (Lipinski definition) is 0. The fraction of sp³-hybridized carbons (Fsp3) is 0.333. The number of nitrogens with zero attached hydrogens (tertiary/aromatic N) is 6. The van der Waals surface area contributed by atoms with Crippen LogP contribution in [0.3, 0.4) is 0 Å². The van der Waals surface area contributed by atoms with Gasteiger partial charge in [0.05, 0.1) is 5.56 Å². The van der Waals surface area contributed by atoms with Gasteiger partial charge in [-0.1, -0.05) is 12.0 Å². The minimum Gasteiger partial charge on any atom is -0.443 e. The SMILES string of the molecule is C#Cc1cnc(N(C(=O)OC(C)(C)C)C(=O)OC(C)(C)C)c(-c2nnnn2-c2cccc(F)c2F)c1. The molecule has 0 unspecified atom stereocenters. The fourth-order valence-corrected chi connectivity index (χ4v) is 2.92. The predicted molar refractivity (Wildman–Crippen MR) is 125 cm³/mol. The molecule has 188 valence electrons. The monoisotopic (exact) mass is 498 g/mol. The number of hydrogen-bond acceptors (Lipinski definition) is 8. The van der Waals surface area contributed by atoms with Gasteiger partial charge in [-0.3, -0.25) is 0 Å². The number of imide groups is 1. The van der Waals surface area contributed by atoms with Crippen molar-refractivity contribution < 1.29 is 27.8 Å². The van der Waals surface area contributed by atoms with E-state index >= 15 is 0 Å². The van der Waals surface area contributed by atoms with Crippen molar-refractivity contribution in [2.24, 2.45) is 0 Å². The van der Waals surface area contributed by atoms with Gasteiger partial charge in [-0.25, -0.2) is 23.4 Å². The first-order valence-electron chi connectivity index (χ1n) is 10.7. The van der Waals surface area contributed by atoms with Crippen LogP contribution in [-0.4, -0.2) is 48.6 Å². The maximum absolute atomic E-state index is 14.6. The van der Waals surface area contributed by atoms with Gasteiger partial charge in [-0.05, 0) is 70.2 Å². The Hall–Kier alpha value is -4.40. The smallest absolute Gasteiger partial charge is 0.425 e. The molecule has 0 aliphatic carbocycles. The lowest BCUT2D eigenvalue weighted by Crippen LogP contribution is -2.44. The number of halogens is 2. The molecule has 3 rings (SSSR count). The van der Waals surface area contributed by atoms with Crippen molar-refractivity contribution in [3.8, 4) is 29.4 Å². The summed E-state index contributed by atoms with van der Waals surface area (Å²) in [5, 5.41) is 11.2. The lowest BCUT2D eigenvalue weighted by Gasteiger charge is -2.28. The molecule has 0 radical (unpaired) electrons. The zero-order chi connectivity index (χ0) is 26.8. The van der Waals surface area contributed by atoms with Gasteiger partial charge in [-0.15, -0.1) is 11.5 Å². The Morgan fingerprint density at radius 2 is 1.67 bits per heavy atom. The second-order valence-corrected chi connectivity index (χ2v) is 9.52. The lowest BCUT2D eigenvalue weighted by molar-refractivity contribution is 0.0429. The maximum atomic E-state index is 14.6. The Morgan fingerprint density at radius 1 is 1.06 bits per heavy atom. The molecule has 0 bridgehead atoms. The van der Waals surface area contributed by atoms with Crippen LogP contribution in [0.4, 0.5) is 24.2 Å². The summed E-state index contributed by atoms with van der Waals surface area (Å²) in [6.07, 6.45) is 4.55. The molecule has 2 heterocycles. The summed E-state index contributed by atoms with van der Waals surface area (Å²) < 4.78 is 40.2. The molecule has 3 aromatic rings. The van der Waals surface area contributed by atoms with Crippen LogP contribution in [0.5, 0.6) is 0 Å². The van der Waals surface area contributed by atoms with E-state index in [4.69, 9.17) is 15.9 Å². The molecule has 0 N–H and O–H groups in total. The quantitative estimate of drug-likeness (QED) is 0.479. The number of tetrazole rings is 1. The number of carbonyl (C=O) groups is 2. The normalized spacial score (nSPS) is 11.5. The summed E-state index contributed by atoms with van der Waals surface area (Å²) in [6.45, 7) is 9.67. The number of terminal acetylenes is 1. The zero-order valence-corrected chi connectivity index (χ0v) is 20.5. The van der Waals surface area contributed by atoms with Gasteiger partial charge in [0.25, 0.3) is 0 Å². The van der Waals surface area contributed by atoms with E-state index in [2.05, 4.69) is 26.4 Å². The number of benzene rings is 1. The van der Waals surface area contributed by atoms with E-state index in [0.29, 0.717) is 4.90 Å². The van der Waals surface area contributed by atoms with E-state index in [1.807, 2.05) is 0 Å². The Kier molecular flexibility index (Phi) is 7.05. The second kappa shape index (κ2) is 9.69. The molecular formula is C24H24F2N6O4. The van der Waals surface area contributed by atoms with E-state index < -0.39 is 35.0 Å². The van der Waals surface area contributed by atoms with Gasteiger partial charge in [0.1, 0.15) is 16.9 Å². The summed E-state index contributed by atoms with van der Waals surface area (Å²) in [5.74, 6) is -0.448. The highest BCUT2D eigenvalue weighted by Crippen LogP contribution is 2.32. The molecule has 12 heteroatoms. The van der Waals surface area contributed by atoms with Crippen molar-refractivity contribution in [1.29, 1.82) is 0 Å². The molecule has 0 saturated carbocycles. The highest BCUT2D eigenvalue weighted by Gasteiger charge is 2.36. The molecule has 2 amide bonds. The van der Waals surface area contributed by atoms with Crippen LogP contribution in [0.2, 0.25) is 0 Å². The van der Waals surface area contributed by atoms with Gasteiger partial charge in [0.2, 0.25) is 0 Å². The summed E-state index contributed by atoms with van der Waals surface area (Å²) in [7, 11) is 0. The molecular weight excluding hydrogens is 474 g/mol. The van der Waals surface area contributed by atoms with E-state index in [9.17, 15) is 18.4 Å². The number of aromatic nitrogens is 5. The summed E-state index contributed by atoms with van der Waals surface area (Å²) in [5.41, 5.74) is -2.11. The number of carbonyl (C=O) groups excluding carboxylic acids is 2. The Morgan fingerprint density at radius 3 is 2.22 bits per heavy atom. The molecule has 0 spiro atoms. The molecule has 36 heavy (non-hydrogen) atoms. The van der Waals surface area contributed by atoms with Crippen molar-refractivity contribution in [3.05, 3.63) is 47.7 Å². The number of rotatable bonds is 3. The maximum Gasteiger partial charge on any atom is 0.425 e. The van der Waals surface area contributed by atoms with E-state index in [-0.39, 0.29) is 28.5 Å². The van der Waals surface area contributed by atoms with Crippen molar-refractivity contribution in [1.82, 2.24) is 25.2 Å². The Balaban J connectivity index is 2.27. The van der Waals surface area contributed by atoms with Crippen molar-refractivity contribution in [2.45, 2.75) is 52.7 Å². The second-order valence-electron chi connectivity index (χ2n) is 9.52. The number of ether oxygens (including phenoxy) is 2. The third-order valence-electron chi connectivity index (χ3n) is 4.27. The van der Waals surface area contributed by atoms with Gasteiger partial charge in [0.15, 0.2) is 23.3 Å². The largest absolute Gasteiger partial charge is 0.443 e. The van der Waals surface area contributed by atoms with Crippen LogP contribution in [0, 0.1) is 24.0 Å². The van der Waals surface area contributed by atoms with Crippen LogP contribution < -0.4 is 4.90 Å². The number of pyridine rings is 1. The van der Waals surface area contributed by atoms with Gasteiger partial charge >= 0.3 is 12.2 Å². The van der Waals surface area contributed by atoms with Gasteiger partial charge in [0, 0.05) is 11.8 Å². The molecule has 0 fully saturated rings.